The summed E-state index contributed by atoms with van der Waals surface area (Å²) in [4.78, 5) is 34.9. The van der Waals surface area contributed by atoms with Crippen LogP contribution >= 0.6 is 0 Å². The zero-order valence-electron chi connectivity index (χ0n) is 11.1. The van der Waals surface area contributed by atoms with Gasteiger partial charge in [0.25, 0.3) is 0 Å². The van der Waals surface area contributed by atoms with Gasteiger partial charge in [0.05, 0.1) is 19.8 Å². The van der Waals surface area contributed by atoms with E-state index in [-0.39, 0.29) is 26.2 Å². The molecule has 0 aromatic carbocycles. The summed E-state index contributed by atoms with van der Waals surface area (Å²) in [6.45, 7) is 5.84. The Morgan fingerprint density at radius 1 is 0.889 bits per heavy atom. The molecule has 0 fully saturated rings. The summed E-state index contributed by atoms with van der Waals surface area (Å²) in [7, 11) is 0. The van der Waals surface area contributed by atoms with Crippen LogP contribution in [0.5, 0.6) is 0 Å². The van der Waals surface area contributed by atoms with Crippen LogP contribution in [0.4, 0.5) is 0 Å². The predicted molar refractivity (Wildman–Crippen MR) is 62.9 cm³/mol. The SMILES string of the molecule is CCOCCC(=O)C(C(=O)OCC)C(=O)OCC. The maximum atomic E-state index is 11.8. The Kier molecular flexibility index (Phi) is 8.82. The molecule has 0 rings (SSSR count). The number of carbonyl (C=O) groups excluding carboxylic acids is 3. The van der Waals surface area contributed by atoms with Gasteiger partial charge in [0.2, 0.25) is 5.92 Å². The van der Waals surface area contributed by atoms with Gasteiger partial charge in [-0.3, -0.25) is 14.4 Å². The number of rotatable bonds is 9. The second-order valence-electron chi connectivity index (χ2n) is 3.35. The lowest BCUT2D eigenvalue weighted by Gasteiger charge is -2.13. The molecule has 0 aromatic heterocycles. The zero-order valence-corrected chi connectivity index (χ0v) is 11.1. The summed E-state index contributed by atoms with van der Waals surface area (Å²) in [5.74, 6) is -3.76. The van der Waals surface area contributed by atoms with Crippen molar-refractivity contribution < 1.29 is 28.6 Å². The minimum atomic E-state index is -1.50. The van der Waals surface area contributed by atoms with E-state index in [1.807, 2.05) is 0 Å². The Hall–Kier alpha value is -1.43. The predicted octanol–water partition coefficient (Wildman–Crippen LogP) is 0.724. The molecule has 104 valence electrons. The smallest absolute Gasteiger partial charge is 0.328 e. The fraction of sp³-hybridized carbons (Fsp3) is 0.750. The third-order valence-electron chi connectivity index (χ3n) is 2.06. The maximum Gasteiger partial charge on any atom is 0.328 e. The summed E-state index contributed by atoms with van der Waals surface area (Å²) in [6.07, 6.45) is -0.0177. The highest BCUT2D eigenvalue weighted by molar-refractivity contribution is 6.14. The molecule has 0 aliphatic heterocycles. The molecule has 0 radical (unpaired) electrons. The molecule has 0 saturated heterocycles. The Bertz CT molecular complexity index is 268. The fourth-order valence-electron chi connectivity index (χ4n) is 1.27. The highest BCUT2D eigenvalue weighted by Gasteiger charge is 2.36. The lowest BCUT2D eigenvalue weighted by molar-refractivity contribution is -0.164. The van der Waals surface area contributed by atoms with Gasteiger partial charge >= 0.3 is 11.9 Å². The molecule has 0 aliphatic carbocycles. The van der Waals surface area contributed by atoms with E-state index in [9.17, 15) is 14.4 Å². The second-order valence-corrected chi connectivity index (χ2v) is 3.35. The molecule has 0 spiro atoms. The van der Waals surface area contributed by atoms with E-state index in [1.165, 1.54) is 0 Å². The van der Waals surface area contributed by atoms with E-state index in [1.54, 1.807) is 20.8 Å². The number of hydrogen-bond donors (Lipinski definition) is 0. The molecule has 0 heterocycles. The van der Waals surface area contributed by atoms with Crippen LogP contribution in [0.3, 0.4) is 0 Å². The number of esters is 2. The molecule has 18 heavy (non-hydrogen) atoms. The van der Waals surface area contributed by atoms with Crippen molar-refractivity contribution in [1.82, 2.24) is 0 Å². The summed E-state index contributed by atoms with van der Waals surface area (Å²) in [5, 5.41) is 0. The van der Waals surface area contributed by atoms with E-state index < -0.39 is 23.6 Å². The topological polar surface area (TPSA) is 78.9 Å². The minimum absolute atomic E-state index is 0.0177. The molecule has 0 aliphatic rings. The van der Waals surface area contributed by atoms with Crippen LogP contribution in [-0.4, -0.2) is 44.1 Å². The largest absolute Gasteiger partial charge is 0.465 e. The molecule has 0 amide bonds. The number of hydrogen-bond acceptors (Lipinski definition) is 6. The first kappa shape index (κ1) is 16.6. The van der Waals surface area contributed by atoms with Crippen LogP contribution in [-0.2, 0) is 28.6 Å². The van der Waals surface area contributed by atoms with Crippen LogP contribution in [0.15, 0.2) is 0 Å². The van der Waals surface area contributed by atoms with E-state index in [4.69, 9.17) is 14.2 Å². The fourth-order valence-corrected chi connectivity index (χ4v) is 1.27. The van der Waals surface area contributed by atoms with Crippen molar-refractivity contribution in [2.24, 2.45) is 5.92 Å². The van der Waals surface area contributed by atoms with Gasteiger partial charge in [-0.05, 0) is 20.8 Å². The van der Waals surface area contributed by atoms with E-state index in [2.05, 4.69) is 0 Å². The average molecular weight is 260 g/mol. The number of ketones is 1. The maximum absolute atomic E-state index is 11.8. The van der Waals surface area contributed by atoms with Crippen molar-refractivity contribution in [1.29, 1.82) is 0 Å². The van der Waals surface area contributed by atoms with E-state index in [0.29, 0.717) is 6.61 Å². The first-order chi connectivity index (χ1) is 8.58. The minimum Gasteiger partial charge on any atom is -0.465 e. The molecule has 6 nitrogen and oxygen atoms in total. The summed E-state index contributed by atoms with van der Waals surface area (Å²) >= 11 is 0. The monoisotopic (exact) mass is 260 g/mol. The summed E-state index contributed by atoms with van der Waals surface area (Å²) in [5.41, 5.74) is 0. The molecule has 0 aromatic rings. The summed E-state index contributed by atoms with van der Waals surface area (Å²) < 4.78 is 14.4. The third-order valence-corrected chi connectivity index (χ3v) is 2.06. The zero-order chi connectivity index (χ0) is 14.0. The number of ether oxygens (including phenoxy) is 3. The Balaban J connectivity index is 4.58. The van der Waals surface area contributed by atoms with Gasteiger partial charge < -0.3 is 14.2 Å². The Labute approximate surface area is 107 Å². The average Bonchev–Trinajstić information content (AvgIpc) is 2.30. The normalized spacial score (nSPS) is 10.2. The van der Waals surface area contributed by atoms with E-state index in [0.717, 1.165) is 0 Å². The highest BCUT2D eigenvalue weighted by Crippen LogP contribution is 2.08. The molecule has 0 saturated carbocycles. The lowest BCUT2D eigenvalue weighted by Crippen LogP contribution is -2.35. The standard InChI is InChI=1S/C12H20O6/c1-4-16-8-7-9(13)10(11(14)17-5-2)12(15)18-6-3/h10H,4-8H2,1-3H3. The molecular weight excluding hydrogens is 240 g/mol. The highest BCUT2D eigenvalue weighted by atomic mass is 16.6. The summed E-state index contributed by atoms with van der Waals surface area (Å²) in [6, 6.07) is 0. The van der Waals surface area contributed by atoms with Gasteiger partial charge in [-0.25, -0.2) is 0 Å². The first-order valence-electron chi connectivity index (χ1n) is 6.02. The van der Waals surface area contributed by atoms with Gasteiger partial charge in [-0.2, -0.15) is 0 Å². The van der Waals surface area contributed by atoms with Crippen molar-refractivity contribution >= 4 is 17.7 Å². The van der Waals surface area contributed by atoms with Crippen LogP contribution < -0.4 is 0 Å². The second kappa shape index (κ2) is 9.58. The molecule has 6 heteroatoms. The van der Waals surface area contributed by atoms with E-state index >= 15 is 0 Å². The van der Waals surface area contributed by atoms with Crippen LogP contribution in [0.2, 0.25) is 0 Å². The van der Waals surface area contributed by atoms with Crippen LogP contribution in [0, 0.1) is 5.92 Å². The van der Waals surface area contributed by atoms with Crippen LogP contribution in [0.1, 0.15) is 27.2 Å². The van der Waals surface area contributed by atoms with Crippen molar-refractivity contribution in [3.05, 3.63) is 0 Å². The molecule has 0 unspecified atom stereocenters. The number of Topliss-reactive ketones (excluding diaryl/α,β-unsaturated/α-hetero) is 1. The van der Waals surface area contributed by atoms with Crippen molar-refractivity contribution in [3.63, 3.8) is 0 Å². The van der Waals surface area contributed by atoms with Gasteiger partial charge in [0.15, 0.2) is 5.78 Å². The third kappa shape index (κ3) is 5.77. The van der Waals surface area contributed by atoms with Gasteiger partial charge in [-0.1, -0.05) is 0 Å². The molecular formula is C12H20O6. The molecule has 0 N–H and O–H groups in total. The molecule has 0 bridgehead atoms. The number of carbonyl (C=O) groups is 3. The van der Waals surface area contributed by atoms with Gasteiger partial charge in [-0.15, -0.1) is 0 Å². The Morgan fingerprint density at radius 3 is 1.78 bits per heavy atom. The van der Waals surface area contributed by atoms with Gasteiger partial charge in [0.1, 0.15) is 0 Å². The lowest BCUT2D eigenvalue weighted by atomic mass is 10.0. The van der Waals surface area contributed by atoms with Crippen molar-refractivity contribution in [2.45, 2.75) is 27.2 Å². The van der Waals surface area contributed by atoms with Crippen molar-refractivity contribution in [3.8, 4) is 0 Å². The first-order valence-corrected chi connectivity index (χ1v) is 6.02. The van der Waals surface area contributed by atoms with Crippen LogP contribution in [0.25, 0.3) is 0 Å². The van der Waals surface area contributed by atoms with Gasteiger partial charge in [0, 0.05) is 13.0 Å². The quantitative estimate of drug-likeness (QED) is 0.345. The Morgan fingerprint density at radius 2 is 1.39 bits per heavy atom. The molecule has 0 atom stereocenters. The van der Waals surface area contributed by atoms with Crippen molar-refractivity contribution in [2.75, 3.05) is 26.4 Å².